The first-order chi connectivity index (χ1) is 5.00. The normalized spacial score (nSPS) is 16.5. The number of aliphatic carboxylic acids is 1. The number of carbonyl (C=O) groups is 1. The lowest BCUT2D eigenvalue weighted by atomic mass is 9.91. The summed E-state index contributed by atoms with van der Waals surface area (Å²) in [5, 5.41) is 17.8. The Hall–Kier alpha value is -0.280. The van der Waals surface area contributed by atoms with E-state index in [4.69, 9.17) is 21.8 Å². The van der Waals surface area contributed by atoms with Gasteiger partial charge in [0, 0.05) is 5.88 Å². The van der Waals surface area contributed by atoms with E-state index in [2.05, 4.69) is 0 Å². The molecule has 0 heterocycles. The summed E-state index contributed by atoms with van der Waals surface area (Å²) in [6.07, 6.45) is -0.950. The number of hydrogen-bond acceptors (Lipinski definition) is 2. The molecule has 11 heavy (non-hydrogen) atoms. The Balaban J connectivity index is 4.21. The van der Waals surface area contributed by atoms with Gasteiger partial charge < -0.3 is 10.2 Å². The van der Waals surface area contributed by atoms with Gasteiger partial charge in [0.05, 0.1) is 12.0 Å². The number of aliphatic hydroxyl groups excluding tert-OH is 1. The fourth-order valence-corrected chi connectivity index (χ4v) is 1.18. The average Bonchev–Trinajstić information content (AvgIpc) is 1.85. The number of halogens is 1. The molecule has 0 aliphatic heterocycles. The third-order valence-corrected chi connectivity index (χ3v) is 1.89. The molecule has 0 spiro atoms. The monoisotopic (exact) mass is 180 g/mol. The molecule has 2 unspecified atom stereocenters. The molecule has 2 N–H and O–H groups in total. The third-order valence-electron chi connectivity index (χ3n) is 1.58. The number of carboxylic acids is 1. The van der Waals surface area contributed by atoms with Gasteiger partial charge in [-0.1, -0.05) is 13.8 Å². The molecule has 3 nitrogen and oxygen atoms in total. The Kier molecular flexibility index (Phi) is 4.45. The van der Waals surface area contributed by atoms with E-state index in [0.717, 1.165) is 0 Å². The zero-order valence-corrected chi connectivity index (χ0v) is 7.38. The van der Waals surface area contributed by atoms with E-state index in [1.54, 1.807) is 13.8 Å². The van der Waals surface area contributed by atoms with Gasteiger partial charge in [0.25, 0.3) is 0 Å². The summed E-state index contributed by atoms with van der Waals surface area (Å²) < 4.78 is 0. The van der Waals surface area contributed by atoms with Gasteiger partial charge in [0.15, 0.2) is 0 Å². The molecule has 0 saturated heterocycles. The second-order valence-electron chi connectivity index (χ2n) is 2.83. The minimum absolute atomic E-state index is 0.0326. The number of aliphatic hydroxyl groups is 1. The van der Waals surface area contributed by atoms with Gasteiger partial charge in [-0.3, -0.25) is 4.79 Å². The van der Waals surface area contributed by atoms with Crippen molar-refractivity contribution in [1.82, 2.24) is 0 Å². The van der Waals surface area contributed by atoms with E-state index in [0.29, 0.717) is 0 Å². The smallest absolute Gasteiger partial charge is 0.309 e. The second kappa shape index (κ2) is 4.57. The van der Waals surface area contributed by atoms with Crippen molar-refractivity contribution in [2.45, 2.75) is 20.0 Å². The number of alkyl halides is 1. The van der Waals surface area contributed by atoms with Gasteiger partial charge in [-0.05, 0) is 5.92 Å². The molecule has 0 radical (unpaired) electrons. The minimum Gasteiger partial charge on any atom is -0.481 e. The van der Waals surface area contributed by atoms with Crippen LogP contribution < -0.4 is 0 Å². The largest absolute Gasteiger partial charge is 0.481 e. The summed E-state index contributed by atoms with van der Waals surface area (Å²) in [5.74, 6) is -1.88. The van der Waals surface area contributed by atoms with Crippen molar-refractivity contribution in [3.8, 4) is 0 Å². The molecule has 0 aromatic heterocycles. The van der Waals surface area contributed by atoms with Crippen LogP contribution in [0.4, 0.5) is 0 Å². The maximum atomic E-state index is 10.5. The highest BCUT2D eigenvalue weighted by molar-refractivity contribution is 6.18. The molecule has 66 valence electrons. The van der Waals surface area contributed by atoms with Crippen molar-refractivity contribution < 1.29 is 15.0 Å². The molecule has 2 atom stereocenters. The van der Waals surface area contributed by atoms with Crippen LogP contribution in [-0.2, 0) is 4.79 Å². The Morgan fingerprint density at radius 1 is 1.55 bits per heavy atom. The third kappa shape index (κ3) is 3.08. The molecule has 4 heteroatoms. The lowest BCUT2D eigenvalue weighted by Crippen LogP contribution is -2.33. The van der Waals surface area contributed by atoms with Crippen molar-refractivity contribution in [3.05, 3.63) is 0 Å². The standard InChI is InChI=1S/C7H13ClO3/c1-4(2)6(7(10)11)5(9)3-8/h4-6,9H,3H2,1-2H3,(H,10,11). The van der Waals surface area contributed by atoms with Crippen molar-refractivity contribution in [2.75, 3.05) is 5.88 Å². The fourth-order valence-electron chi connectivity index (χ4n) is 0.990. The molecule has 0 bridgehead atoms. The second-order valence-corrected chi connectivity index (χ2v) is 3.14. The topological polar surface area (TPSA) is 57.5 Å². The van der Waals surface area contributed by atoms with Crippen LogP contribution in [0.15, 0.2) is 0 Å². The van der Waals surface area contributed by atoms with Gasteiger partial charge in [0.2, 0.25) is 0 Å². The Morgan fingerprint density at radius 2 is 2.00 bits per heavy atom. The SMILES string of the molecule is CC(C)C(C(=O)O)C(O)CCl. The summed E-state index contributed by atoms with van der Waals surface area (Å²) in [6.45, 7) is 3.49. The highest BCUT2D eigenvalue weighted by atomic mass is 35.5. The van der Waals surface area contributed by atoms with Crippen molar-refractivity contribution >= 4 is 17.6 Å². The number of rotatable bonds is 4. The molecule has 0 fully saturated rings. The summed E-state index contributed by atoms with van der Waals surface area (Å²) >= 11 is 5.32. The summed E-state index contributed by atoms with van der Waals surface area (Å²) in [5.41, 5.74) is 0. The van der Waals surface area contributed by atoms with Crippen molar-refractivity contribution in [3.63, 3.8) is 0 Å². The fraction of sp³-hybridized carbons (Fsp3) is 0.857. The van der Waals surface area contributed by atoms with E-state index in [1.165, 1.54) is 0 Å². The van der Waals surface area contributed by atoms with E-state index in [9.17, 15) is 4.79 Å². The van der Waals surface area contributed by atoms with E-state index >= 15 is 0 Å². The predicted octanol–water partition coefficient (Wildman–Crippen LogP) is 0.943. The summed E-state index contributed by atoms with van der Waals surface area (Å²) in [7, 11) is 0. The number of carboxylic acid groups (broad SMARTS) is 1. The minimum atomic E-state index is -0.992. The van der Waals surface area contributed by atoms with Crippen LogP contribution in [0.5, 0.6) is 0 Å². The quantitative estimate of drug-likeness (QED) is 0.634. The Morgan fingerprint density at radius 3 is 2.09 bits per heavy atom. The molecule has 0 aromatic rings. The molecule has 0 aliphatic rings. The van der Waals surface area contributed by atoms with Gasteiger partial charge in [-0.25, -0.2) is 0 Å². The van der Waals surface area contributed by atoms with Crippen molar-refractivity contribution in [2.24, 2.45) is 11.8 Å². The molecule has 0 amide bonds. The maximum absolute atomic E-state index is 10.5. The maximum Gasteiger partial charge on any atom is 0.309 e. The van der Waals surface area contributed by atoms with Crippen LogP contribution >= 0.6 is 11.6 Å². The molecule has 0 aromatic carbocycles. The van der Waals surface area contributed by atoms with E-state index in [-0.39, 0.29) is 11.8 Å². The highest BCUT2D eigenvalue weighted by Gasteiger charge is 2.28. The van der Waals surface area contributed by atoms with E-state index in [1.807, 2.05) is 0 Å². The van der Waals surface area contributed by atoms with Crippen LogP contribution in [0.2, 0.25) is 0 Å². The molecular weight excluding hydrogens is 168 g/mol. The highest BCUT2D eigenvalue weighted by Crippen LogP contribution is 2.16. The van der Waals surface area contributed by atoms with Crippen molar-refractivity contribution in [1.29, 1.82) is 0 Å². The lowest BCUT2D eigenvalue weighted by molar-refractivity contribution is -0.147. The summed E-state index contributed by atoms with van der Waals surface area (Å²) in [4.78, 5) is 10.5. The predicted molar refractivity (Wildman–Crippen MR) is 42.7 cm³/mol. The average molecular weight is 181 g/mol. The molecule has 0 saturated carbocycles. The number of hydrogen-bond donors (Lipinski definition) is 2. The molecule has 0 rings (SSSR count). The lowest BCUT2D eigenvalue weighted by Gasteiger charge is -2.19. The zero-order chi connectivity index (χ0) is 9.02. The van der Waals surface area contributed by atoms with Gasteiger partial charge in [0.1, 0.15) is 0 Å². The first-order valence-electron chi connectivity index (χ1n) is 3.47. The Bertz CT molecular complexity index is 136. The van der Waals surface area contributed by atoms with Crippen LogP contribution in [0, 0.1) is 11.8 Å². The van der Waals surface area contributed by atoms with E-state index < -0.39 is 18.0 Å². The molecular formula is C7H13ClO3. The first-order valence-corrected chi connectivity index (χ1v) is 4.01. The first kappa shape index (κ1) is 10.7. The Labute approximate surface area is 71.0 Å². The molecule has 0 aliphatic carbocycles. The summed E-state index contributed by atoms with van der Waals surface area (Å²) in [6, 6.07) is 0. The van der Waals surface area contributed by atoms with Gasteiger partial charge in [-0.15, -0.1) is 11.6 Å². The van der Waals surface area contributed by atoms with Crippen LogP contribution in [0.3, 0.4) is 0 Å². The van der Waals surface area contributed by atoms with Crippen LogP contribution in [0.25, 0.3) is 0 Å². The zero-order valence-electron chi connectivity index (χ0n) is 6.62. The van der Waals surface area contributed by atoms with Crippen LogP contribution in [-0.4, -0.2) is 28.2 Å². The van der Waals surface area contributed by atoms with Gasteiger partial charge >= 0.3 is 5.97 Å². The van der Waals surface area contributed by atoms with Crippen LogP contribution in [0.1, 0.15) is 13.8 Å². The van der Waals surface area contributed by atoms with Gasteiger partial charge in [-0.2, -0.15) is 0 Å².